The normalized spacial score (nSPS) is 31.9. The van der Waals surface area contributed by atoms with Gasteiger partial charge < -0.3 is 15.0 Å². The molecule has 2 saturated heterocycles. The molecule has 1 amide bonds. The molecule has 98 valence electrons. The van der Waals surface area contributed by atoms with E-state index in [0.29, 0.717) is 31.0 Å². The number of hydrogen-bond acceptors (Lipinski definition) is 3. The summed E-state index contributed by atoms with van der Waals surface area (Å²) in [6.45, 7) is 7.63. The summed E-state index contributed by atoms with van der Waals surface area (Å²) in [6, 6.07) is 0.842. The number of likely N-dealkylation sites (tertiary alicyclic amines) is 1. The van der Waals surface area contributed by atoms with Crippen LogP contribution in [0.5, 0.6) is 0 Å². The van der Waals surface area contributed by atoms with E-state index in [1.807, 2.05) is 0 Å². The molecule has 2 aliphatic rings. The van der Waals surface area contributed by atoms with E-state index >= 15 is 0 Å². The fraction of sp³-hybridized carbons (Fsp3) is 0.923. The molecule has 2 rings (SSSR count). The molecule has 1 N–H and O–H groups in total. The Bertz CT molecular complexity index is 270. The molecule has 0 aromatic carbocycles. The van der Waals surface area contributed by atoms with Gasteiger partial charge in [0.15, 0.2) is 0 Å². The zero-order valence-electron chi connectivity index (χ0n) is 10.9. The Kier molecular flexibility index (Phi) is 4.40. The monoisotopic (exact) mass is 240 g/mol. The molecule has 0 saturated carbocycles. The van der Waals surface area contributed by atoms with E-state index in [2.05, 4.69) is 24.1 Å². The minimum atomic E-state index is 0.268. The number of hydrogen-bond donors (Lipinski definition) is 1. The first kappa shape index (κ1) is 12.8. The van der Waals surface area contributed by atoms with Crippen molar-refractivity contribution in [3.63, 3.8) is 0 Å². The molecule has 4 heteroatoms. The van der Waals surface area contributed by atoms with Gasteiger partial charge in [-0.05, 0) is 25.7 Å². The van der Waals surface area contributed by atoms with Crippen molar-refractivity contribution in [1.82, 2.24) is 10.2 Å². The number of rotatable bonds is 5. The molecule has 2 heterocycles. The topological polar surface area (TPSA) is 41.6 Å². The summed E-state index contributed by atoms with van der Waals surface area (Å²) < 4.78 is 5.40. The molecule has 0 aromatic rings. The molecule has 0 bridgehead atoms. The molecular weight excluding hydrogens is 216 g/mol. The van der Waals surface area contributed by atoms with E-state index in [1.165, 1.54) is 0 Å². The molecule has 17 heavy (non-hydrogen) atoms. The lowest BCUT2D eigenvalue weighted by molar-refractivity contribution is -0.134. The first-order chi connectivity index (χ1) is 8.24. The molecular formula is C13H24N2O2. The van der Waals surface area contributed by atoms with Gasteiger partial charge in [-0.3, -0.25) is 4.79 Å². The first-order valence-electron chi connectivity index (χ1n) is 6.83. The highest BCUT2D eigenvalue weighted by Crippen LogP contribution is 2.32. The minimum absolute atomic E-state index is 0.268. The Morgan fingerprint density at radius 3 is 3.00 bits per heavy atom. The molecule has 3 atom stereocenters. The molecule has 4 nitrogen and oxygen atoms in total. The zero-order chi connectivity index (χ0) is 12.3. The third-order valence-corrected chi connectivity index (χ3v) is 3.88. The second-order valence-electron chi connectivity index (χ2n) is 5.23. The molecule has 3 unspecified atom stereocenters. The summed E-state index contributed by atoms with van der Waals surface area (Å²) in [5.74, 6) is 0.940. The van der Waals surface area contributed by atoms with Crippen LogP contribution in [0.1, 0.15) is 33.1 Å². The van der Waals surface area contributed by atoms with E-state index in [9.17, 15) is 4.79 Å². The second kappa shape index (κ2) is 5.83. The summed E-state index contributed by atoms with van der Waals surface area (Å²) in [5.41, 5.74) is 0. The maximum Gasteiger partial charge on any atom is 0.225 e. The van der Waals surface area contributed by atoms with Crippen LogP contribution in [0.15, 0.2) is 0 Å². The van der Waals surface area contributed by atoms with Crippen molar-refractivity contribution in [2.75, 3.05) is 26.3 Å². The van der Waals surface area contributed by atoms with Crippen LogP contribution in [0.3, 0.4) is 0 Å². The van der Waals surface area contributed by atoms with E-state index in [1.54, 1.807) is 0 Å². The quantitative estimate of drug-likeness (QED) is 0.729. The highest BCUT2D eigenvalue weighted by molar-refractivity contribution is 5.77. The Balaban J connectivity index is 1.81. The molecule has 0 aliphatic carbocycles. The lowest BCUT2D eigenvalue weighted by Gasteiger charge is -2.27. The summed E-state index contributed by atoms with van der Waals surface area (Å²) >= 11 is 0. The smallest absolute Gasteiger partial charge is 0.225 e. The van der Waals surface area contributed by atoms with Gasteiger partial charge in [0, 0.05) is 31.8 Å². The van der Waals surface area contributed by atoms with Gasteiger partial charge in [0.25, 0.3) is 0 Å². The Labute approximate surface area is 104 Å². The Morgan fingerprint density at radius 1 is 1.41 bits per heavy atom. The van der Waals surface area contributed by atoms with E-state index < -0.39 is 0 Å². The summed E-state index contributed by atoms with van der Waals surface area (Å²) in [4.78, 5) is 14.3. The van der Waals surface area contributed by atoms with Crippen molar-refractivity contribution >= 4 is 5.91 Å². The number of nitrogens with one attached hydrogen (secondary N) is 1. The summed E-state index contributed by atoms with van der Waals surface area (Å²) in [6.07, 6.45) is 2.70. The Morgan fingerprint density at radius 2 is 2.24 bits per heavy atom. The first-order valence-corrected chi connectivity index (χ1v) is 6.83. The van der Waals surface area contributed by atoms with Crippen molar-refractivity contribution in [2.45, 2.75) is 45.2 Å². The summed E-state index contributed by atoms with van der Waals surface area (Å²) in [7, 11) is 0. The van der Waals surface area contributed by atoms with Crippen molar-refractivity contribution in [1.29, 1.82) is 0 Å². The number of carbonyl (C=O) groups excluding carboxylic acids is 1. The molecule has 0 spiro atoms. The molecule has 0 radical (unpaired) electrons. The van der Waals surface area contributed by atoms with Crippen LogP contribution in [-0.2, 0) is 9.53 Å². The van der Waals surface area contributed by atoms with E-state index in [-0.39, 0.29) is 5.91 Å². The summed E-state index contributed by atoms with van der Waals surface area (Å²) in [5, 5.41) is 3.38. The number of ether oxygens (including phenoxy) is 1. The van der Waals surface area contributed by atoms with E-state index in [4.69, 9.17) is 4.74 Å². The maximum absolute atomic E-state index is 12.2. The van der Waals surface area contributed by atoms with Gasteiger partial charge in [-0.15, -0.1) is 0 Å². The predicted molar refractivity (Wildman–Crippen MR) is 66.8 cm³/mol. The van der Waals surface area contributed by atoms with Crippen molar-refractivity contribution in [3.8, 4) is 0 Å². The lowest BCUT2D eigenvalue weighted by atomic mass is 10.0. The average molecular weight is 240 g/mol. The third kappa shape index (κ3) is 2.80. The SMILES string of the molecule is CCCOCCC(=O)N1C(C)CC2CNCC21. The number of carbonyl (C=O) groups is 1. The van der Waals surface area contributed by atoms with Gasteiger partial charge in [0.2, 0.25) is 5.91 Å². The maximum atomic E-state index is 12.2. The van der Waals surface area contributed by atoms with Crippen LogP contribution in [0.25, 0.3) is 0 Å². The van der Waals surface area contributed by atoms with Crippen LogP contribution in [0, 0.1) is 5.92 Å². The Hall–Kier alpha value is -0.610. The van der Waals surface area contributed by atoms with Crippen LogP contribution < -0.4 is 5.32 Å². The number of amides is 1. The van der Waals surface area contributed by atoms with E-state index in [0.717, 1.165) is 32.5 Å². The second-order valence-corrected chi connectivity index (χ2v) is 5.23. The van der Waals surface area contributed by atoms with Gasteiger partial charge >= 0.3 is 0 Å². The van der Waals surface area contributed by atoms with Gasteiger partial charge in [-0.2, -0.15) is 0 Å². The molecule has 0 aromatic heterocycles. The fourth-order valence-electron chi connectivity index (χ4n) is 3.13. The van der Waals surface area contributed by atoms with Gasteiger partial charge in [-0.25, -0.2) is 0 Å². The third-order valence-electron chi connectivity index (χ3n) is 3.88. The minimum Gasteiger partial charge on any atom is -0.381 e. The fourth-order valence-corrected chi connectivity index (χ4v) is 3.13. The molecule has 2 aliphatic heterocycles. The molecule has 2 fully saturated rings. The average Bonchev–Trinajstić information content (AvgIpc) is 2.83. The van der Waals surface area contributed by atoms with Gasteiger partial charge in [0.05, 0.1) is 13.0 Å². The van der Waals surface area contributed by atoms with Crippen molar-refractivity contribution in [3.05, 3.63) is 0 Å². The van der Waals surface area contributed by atoms with Crippen LogP contribution >= 0.6 is 0 Å². The van der Waals surface area contributed by atoms with Crippen LogP contribution in [0.2, 0.25) is 0 Å². The van der Waals surface area contributed by atoms with Crippen molar-refractivity contribution in [2.24, 2.45) is 5.92 Å². The number of nitrogens with zero attached hydrogens (tertiary/aromatic N) is 1. The predicted octanol–water partition coefficient (Wildman–Crippen LogP) is 1.01. The highest BCUT2D eigenvalue weighted by atomic mass is 16.5. The van der Waals surface area contributed by atoms with Crippen LogP contribution in [0.4, 0.5) is 0 Å². The zero-order valence-corrected chi connectivity index (χ0v) is 10.9. The van der Waals surface area contributed by atoms with Gasteiger partial charge in [-0.1, -0.05) is 6.92 Å². The van der Waals surface area contributed by atoms with Crippen molar-refractivity contribution < 1.29 is 9.53 Å². The standard InChI is InChI=1S/C13H24N2O2/c1-3-5-17-6-4-13(16)15-10(2)7-11-8-14-9-12(11)15/h10-12,14H,3-9H2,1-2H3. The van der Waals surface area contributed by atoms with Crippen LogP contribution in [-0.4, -0.2) is 49.2 Å². The lowest BCUT2D eigenvalue weighted by Crippen LogP contribution is -2.43. The number of fused-ring (bicyclic) bond motifs is 1. The highest BCUT2D eigenvalue weighted by Gasteiger charge is 2.43. The van der Waals surface area contributed by atoms with Gasteiger partial charge in [0.1, 0.15) is 0 Å². The largest absolute Gasteiger partial charge is 0.381 e.